The predicted octanol–water partition coefficient (Wildman–Crippen LogP) is 3.56. The SMILES string of the molecule is CC.CCCN1C(=O)CSc2ccccc21. The van der Waals surface area contributed by atoms with Crippen LogP contribution in [-0.2, 0) is 4.79 Å². The molecule has 0 unspecified atom stereocenters. The Balaban J connectivity index is 0.000000606. The summed E-state index contributed by atoms with van der Waals surface area (Å²) in [6, 6.07) is 8.11. The van der Waals surface area contributed by atoms with Gasteiger partial charge in [-0.25, -0.2) is 0 Å². The van der Waals surface area contributed by atoms with E-state index in [0.717, 1.165) is 18.7 Å². The van der Waals surface area contributed by atoms with Gasteiger partial charge in [-0.1, -0.05) is 32.9 Å². The molecule has 1 aliphatic heterocycles. The van der Waals surface area contributed by atoms with Crippen molar-refractivity contribution in [3.05, 3.63) is 24.3 Å². The van der Waals surface area contributed by atoms with Gasteiger partial charge in [0.2, 0.25) is 5.91 Å². The molecular weight excluding hydrogens is 218 g/mol. The minimum atomic E-state index is 0.232. The molecule has 1 aliphatic rings. The van der Waals surface area contributed by atoms with Crippen LogP contribution in [0.1, 0.15) is 27.2 Å². The van der Waals surface area contributed by atoms with Crippen LogP contribution in [0.2, 0.25) is 0 Å². The van der Waals surface area contributed by atoms with Crippen molar-refractivity contribution in [3.8, 4) is 0 Å². The van der Waals surface area contributed by atoms with E-state index in [9.17, 15) is 4.79 Å². The highest BCUT2D eigenvalue weighted by atomic mass is 32.2. The summed E-state index contributed by atoms with van der Waals surface area (Å²) in [4.78, 5) is 14.8. The number of rotatable bonds is 2. The Morgan fingerprint density at radius 3 is 2.69 bits per heavy atom. The van der Waals surface area contributed by atoms with Gasteiger partial charge in [-0.2, -0.15) is 0 Å². The van der Waals surface area contributed by atoms with E-state index in [-0.39, 0.29) is 5.91 Å². The van der Waals surface area contributed by atoms with Gasteiger partial charge in [0.25, 0.3) is 0 Å². The fourth-order valence-electron chi connectivity index (χ4n) is 1.62. The van der Waals surface area contributed by atoms with Gasteiger partial charge in [0.15, 0.2) is 0 Å². The smallest absolute Gasteiger partial charge is 0.237 e. The van der Waals surface area contributed by atoms with Crippen LogP contribution in [0.4, 0.5) is 5.69 Å². The molecule has 0 saturated heterocycles. The van der Waals surface area contributed by atoms with E-state index in [1.54, 1.807) is 11.8 Å². The van der Waals surface area contributed by atoms with Gasteiger partial charge in [-0.05, 0) is 18.6 Å². The van der Waals surface area contributed by atoms with Crippen molar-refractivity contribution in [2.24, 2.45) is 0 Å². The fraction of sp³-hybridized carbons (Fsp3) is 0.462. The lowest BCUT2D eigenvalue weighted by Gasteiger charge is -2.28. The van der Waals surface area contributed by atoms with E-state index in [4.69, 9.17) is 0 Å². The van der Waals surface area contributed by atoms with E-state index >= 15 is 0 Å². The molecule has 0 fully saturated rings. The van der Waals surface area contributed by atoms with E-state index < -0.39 is 0 Å². The molecule has 3 heteroatoms. The molecule has 0 saturated carbocycles. The highest BCUT2D eigenvalue weighted by molar-refractivity contribution is 8.00. The second-order valence-corrected chi connectivity index (χ2v) is 4.32. The largest absolute Gasteiger partial charge is 0.311 e. The van der Waals surface area contributed by atoms with Crippen LogP contribution in [0.15, 0.2) is 29.2 Å². The Bertz CT molecular complexity index is 352. The zero-order valence-electron chi connectivity index (χ0n) is 10.2. The standard InChI is InChI=1S/C11H13NOS.C2H6/c1-2-7-12-9-5-3-4-6-10(9)14-8-11(12)13;1-2/h3-6H,2,7-8H2,1H3;1-2H3. The molecule has 1 amide bonds. The minimum absolute atomic E-state index is 0.232. The first-order chi connectivity index (χ1) is 7.83. The summed E-state index contributed by atoms with van der Waals surface area (Å²) in [6.07, 6.45) is 1.00. The van der Waals surface area contributed by atoms with Crippen molar-refractivity contribution >= 4 is 23.4 Å². The number of hydrogen-bond acceptors (Lipinski definition) is 2. The molecule has 0 aromatic heterocycles. The molecule has 1 aromatic carbocycles. The number of amides is 1. The number of hydrogen-bond donors (Lipinski definition) is 0. The maximum atomic E-state index is 11.7. The third kappa shape index (κ3) is 2.79. The summed E-state index contributed by atoms with van der Waals surface area (Å²) in [5, 5.41) is 0. The molecule has 0 spiro atoms. The monoisotopic (exact) mass is 237 g/mol. The summed E-state index contributed by atoms with van der Waals surface area (Å²) in [6.45, 7) is 6.92. The number of para-hydroxylation sites is 1. The third-order valence-corrected chi connectivity index (χ3v) is 3.30. The number of nitrogens with zero attached hydrogens (tertiary/aromatic N) is 1. The third-order valence-electron chi connectivity index (χ3n) is 2.26. The highest BCUT2D eigenvalue weighted by Gasteiger charge is 2.22. The topological polar surface area (TPSA) is 20.3 Å². The number of thioether (sulfide) groups is 1. The molecule has 0 bridgehead atoms. The minimum Gasteiger partial charge on any atom is -0.311 e. The molecule has 2 nitrogen and oxygen atoms in total. The van der Waals surface area contributed by atoms with Gasteiger partial charge < -0.3 is 4.90 Å². The Labute approximate surface area is 102 Å². The fourth-order valence-corrected chi connectivity index (χ4v) is 2.56. The first-order valence-corrected chi connectivity index (χ1v) is 6.83. The zero-order chi connectivity index (χ0) is 12.0. The van der Waals surface area contributed by atoms with Crippen LogP contribution in [0.3, 0.4) is 0 Å². The van der Waals surface area contributed by atoms with E-state index in [2.05, 4.69) is 13.0 Å². The van der Waals surface area contributed by atoms with E-state index in [0.29, 0.717) is 5.75 Å². The van der Waals surface area contributed by atoms with Crippen LogP contribution in [0.25, 0.3) is 0 Å². The lowest BCUT2D eigenvalue weighted by Crippen LogP contribution is -2.35. The van der Waals surface area contributed by atoms with Gasteiger partial charge in [-0.15, -0.1) is 11.8 Å². The number of anilines is 1. The van der Waals surface area contributed by atoms with Crippen molar-refractivity contribution in [3.63, 3.8) is 0 Å². The zero-order valence-corrected chi connectivity index (χ0v) is 11.0. The first-order valence-electron chi connectivity index (χ1n) is 5.85. The molecule has 1 aromatic rings. The molecule has 88 valence electrons. The number of carbonyl (C=O) groups is 1. The van der Waals surface area contributed by atoms with Crippen LogP contribution >= 0.6 is 11.8 Å². The quantitative estimate of drug-likeness (QED) is 0.784. The second kappa shape index (κ2) is 6.59. The Morgan fingerprint density at radius 1 is 1.31 bits per heavy atom. The first kappa shape index (κ1) is 13.1. The normalized spacial score (nSPS) is 13.9. The maximum absolute atomic E-state index is 11.7. The molecular formula is C13H19NOS. The Kier molecular flexibility index (Phi) is 5.39. The molecule has 2 rings (SSSR count). The lowest BCUT2D eigenvalue weighted by atomic mass is 10.2. The summed E-state index contributed by atoms with van der Waals surface area (Å²) in [5.41, 5.74) is 1.08. The highest BCUT2D eigenvalue weighted by Crippen LogP contribution is 2.34. The predicted molar refractivity (Wildman–Crippen MR) is 71.2 cm³/mol. The second-order valence-electron chi connectivity index (χ2n) is 3.30. The summed E-state index contributed by atoms with van der Waals surface area (Å²) in [5.74, 6) is 0.812. The van der Waals surface area contributed by atoms with Crippen molar-refractivity contribution in [1.82, 2.24) is 0 Å². The van der Waals surface area contributed by atoms with Crippen LogP contribution in [-0.4, -0.2) is 18.2 Å². The molecule has 0 aliphatic carbocycles. The average Bonchev–Trinajstić information content (AvgIpc) is 2.35. The Morgan fingerprint density at radius 2 is 2.00 bits per heavy atom. The number of carbonyl (C=O) groups excluding carboxylic acids is 1. The van der Waals surface area contributed by atoms with E-state index in [1.165, 1.54) is 4.90 Å². The lowest BCUT2D eigenvalue weighted by molar-refractivity contribution is -0.116. The Hall–Kier alpha value is -0.960. The average molecular weight is 237 g/mol. The number of benzene rings is 1. The van der Waals surface area contributed by atoms with Gasteiger partial charge >= 0.3 is 0 Å². The summed E-state index contributed by atoms with van der Waals surface area (Å²) in [7, 11) is 0. The van der Waals surface area contributed by atoms with E-state index in [1.807, 2.05) is 36.9 Å². The van der Waals surface area contributed by atoms with Gasteiger partial charge in [0.05, 0.1) is 11.4 Å². The maximum Gasteiger partial charge on any atom is 0.237 e. The molecule has 0 N–H and O–H groups in total. The summed E-state index contributed by atoms with van der Waals surface area (Å²) >= 11 is 1.64. The van der Waals surface area contributed by atoms with Crippen molar-refractivity contribution in [2.75, 3.05) is 17.2 Å². The molecule has 1 heterocycles. The number of fused-ring (bicyclic) bond motifs is 1. The molecule has 0 radical (unpaired) electrons. The van der Waals surface area contributed by atoms with Crippen LogP contribution < -0.4 is 4.90 Å². The van der Waals surface area contributed by atoms with Crippen LogP contribution in [0.5, 0.6) is 0 Å². The van der Waals surface area contributed by atoms with Gasteiger partial charge in [-0.3, -0.25) is 4.79 Å². The molecule has 0 atom stereocenters. The van der Waals surface area contributed by atoms with Gasteiger partial charge in [0, 0.05) is 11.4 Å². The van der Waals surface area contributed by atoms with Crippen molar-refractivity contribution < 1.29 is 4.79 Å². The summed E-state index contributed by atoms with van der Waals surface area (Å²) < 4.78 is 0. The van der Waals surface area contributed by atoms with Crippen molar-refractivity contribution in [2.45, 2.75) is 32.1 Å². The van der Waals surface area contributed by atoms with Crippen molar-refractivity contribution in [1.29, 1.82) is 0 Å². The molecule has 16 heavy (non-hydrogen) atoms. The van der Waals surface area contributed by atoms with Crippen LogP contribution in [0, 0.1) is 0 Å². The van der Waals surface area contributed by atoms with Gasteiger partial charge in [0.1, 0.15) is 0 Å².